The molecule has 20 heavy (non-hydrogen) atoms. The fraction of sp³-hybridized carbons (Fsp3) is 0.500. The summed E-state index contributed by atoms with van der Waals surface area (Å²) in [6.45, 7) is 3.40. The van der Waals surface area contributed by atoms with E-state index in [-0.39, 0.29) is 17.1 Å². The number of carbonyl (C=O) groups is 1. The van der Waals surface area contributed by atoms with Crippen molar-refractivity contribution in [3.8, 4) is 0 Å². The zero-order chi connectivity index (χ0) is 15.0. The number of hydrogen-bond donors (Lipinski definition) is 2. The molecule has 0 aliphatic rings. The molecule has 0 aliphatic heterocycles. The number of anilines is 1. The van der Waals surface area contributed by atoms with Gasteiger partial charge in [0.05, 0.1) is 17.1 Å². The van der Waals surface area contributed by atoms with Gasteiger partial charge in [-0.25, -0.2) is 4.98 Å². The van der Waals surface area contributed by atoms with Gasteiger partial charge in [0, 0.05) is 19.2 Å². The number of unbranched alkanes of at least 4 members (excludes halogenated alkanes) is 1. The minimum atomic E-state index is -0.628. The highest BCUT2D eigenvalue weighted by Crippen LogP contribution is 2.16. The van der Waals surface area contributed by atoms with Gasteiger partial charge in [0.25, 0.3) is 11.6 Å². The highest BCUT2D eigenvalue weighted by atomic mass is 16.6. The van der Waals surface area contributed by atoms with Crippen LogP contribution in [0.3, 0.4) is 0 Å². The topological polar surface area (TPSA) is 120 Å². The second-order valence-electron chi connectivity index (χ2n) is 4.11. The quantitative estimate of drug-likeness (QED) is 0.418. The lowest BCUT2D eigenvalue weighted by Crippen LogP contribution is -2.28. The van der Waals surface area contributed by atoms with Crippen molar-refractivity contribution >= 4 is 17.4 Å². The van der Waals surface area contributed by atoms with Crippen molar-refractivity contribution in [1.82, 2.24) is 10.3 Å². The molecule has 1 aromatic rings. The van der Waals surface area contributed by atoms with E-state index in [2.05, 4.69) is 17.2 Å². The monoisotopic (exact) mass is 282 g/mol. The summed E-state index contributed by atoms with van der Waals surface area (Å²) in [6, 6.07) is 1.11. The summed E-state index contributed by atoms with van der Waals surface area (Å²) in [7, 11) is 0. The Morgan fingerprint density at radius 2 is 2.30 bits per heavy atom. The number of nitrogen functional groups attached to an aromatic ring is 1. The first-order valence-electron chi connectivity index (χ1n) is 6.32. The van der Waals surface area contributed by atoms with E-state index in [1.165, 1.54) is 0 Å². The molecule has 0 bridgehead atoms. The molecule has 0 aromatic carbocycles. The molecular formula is C12H18N4O4. The number of amides is 1. The van der Waals surface area contributed by atoms with Gasteiger partial charge in [-0.15, -0.1) is 0 Å². The summed E-state index contributed by atoms with van der Waals surface area (Å²) in [5.74, 6) is -0.544. The minimum Gasteiger partial charge on any atom is -0.383 e. The van der Waals surface area contributed by atoms with E-state index >= 15 is 0 Å². The van der Waals surface area contributed by atoms with Crippen molar-refractivity contribution < 1.29 is 14.5 Å². The molecule has 1 amide bonds. The fourth-order valence-corrected chi connectivity index (χ4v) is 1.43. The van der Waals surface area contributed by atoms with Gasteiger partial charge < -0.3 is 15.8 Å². The number of rotatable bonds is 8. The van der Waals surface area contributed by atoms with E-state index in [4.69, 9.17) is 10.5 Å². The molecule has 8 nitrogen and oxygen atoms in total. The number of nitro groups is 1. The second kappa shape index (κ2) is 8.05. The maximum absolute atomic E-state index is 11.8. The molecule has 0 saturated heterocycles. The highest BCUT2D eigenvalue weighted by molar-refractivity contribution is 5.98. The number of aromatic nitrogens is 1. The third-order valence-electron chi connectivity index (χ3n) is 2.53. The van der Waals surface area contributed by atoms with E-state index in [1.807, 2.05) is 0 Å². The Kier molecular flexibility index (Phi) is 6.38. The number of nitrogens with zero attached hydrogens (tertiary/aromatic N) is 2. The van der Waals surface area contributed by atoms with E-state index < -0.39 is 10.8 Å². The molecule has 0 radical (unpaired) electrons. The van der Waals surface area contributed by atoms with Crippen LogP contribution >= 0.6 is 0 Å². The van der Waals surface area contributed by atoms with Crippen LogP contribution < -0.4 is 11.1 Å². The summed E-state index contributed by atoms with van der Waals surface area (Å²) in [5.41, 5.74) is 5.25. The summed E-state index contributed by atoms with van der Waals surface area (Å²) in [6.07, 6.45) is 3.03. The van der Waals surface area contributed by atoms with Gasteiger partial charge >= 0.3 is 0 Å². The summed E-state index contributed by atoms with van der Waals surface area (Å²) >= 11 is 0. The molecule has 0 spiro atoms. The predicted octanol–water partition coefficient (Wildman–Crippen LogP) is 1.12. The lowest BCUT2D eigenvalue weighted by Gasteiger charge is -2.07. The van der Waals surface area contributed by atoms with Crippen molar-refractivity contribution in [3.05, 3.63) is 27.9 Å². The van der Waals surface area contributed by atoms with Crippen LogP contribution in [0.2, 0.25) is 0 Å². The van der Waals surface area contributed by atoms with Crippen LogP contribution in [-0.2, 0) is 4.74 Å². The van der Waals surface area contributed by atoms with Crippen LogP contribution in [0.5, 0.6) is 0 Å². The summed E-state index contributed by atoms with van der Waals surface area (Å²) < 4.78 is 5.28. The molecule has 1 aromatic heterocycles. The predicted molar refractivity (Wildman–Crippen MR) is 73.4 cm³/mol. The van der Waals surface area contributed by atoms with Crippen molar-refractivity contribution in [1.29, 1.82) is 0 Å². The summed E-state index contributed by atoms with van der Waals surface area (Å²) in [5, 5.41) is 13.2. The van der Waals surface area contributed by atoms with Crippen molar-refractivity contribution in [2.24, 2.45) is 0 Å². The van der Waals surface area contributed by atoms with E-state index in [0.717, 1.165) is 25.1 Å². The fourth-order valence-electron chi connectivity index (χ4n) is 1.43. The lowest BCUT2D eigenvalue weighted by molar-refractivity contribution is -0.385. The molecule has 0 atom stereocenters. The second-order valence-corrected chi connectivity index (χ2v) is 4.11. The Hall–Kier alpha value is -2.22. The van der Waals surface area contributed by atoms with Crippen LogP contribution in [0.4, 0.5) is 11.5 Å². The van der Waals surface area contributed by atoms with Gasteiger partial charge in [-0.3, -0.25) is 14.9 Å². The maximum Gasteiger partial charge on any atom is 0.288 e. The van der Waals surface area contributed by atoms with Gasteiger partial charge in [0.1, 0.15) is 12.0 Å². The van der Waals surface area contributed by atoms with Crippen LogP contribution in [-0.4, -0.2) is 35.6 Å². The van der Waals surface area contributed by atoms with E-state index in [0.29, 0.717) is 19.8 Å². The molecule has 0 aliphatic carbocycles. The number of nitrogens with two attached hydrogens (primary N) is 1. The van der Waals surface area contributed by atoms with Gasteiger partial charge in [-0.2, -0.15) is 0 Å². The number of ether oxygens (including phenoxy) is 1. The first kappa shape index (κ1) is 15.8. The first-order valence-corrected chi connectivity index (χ1v) is 6.32. The number of carbonyl (C=O) groups excluding carboxylic acids is 1. The maximum atomic E-state index is 11.8. The lowest BCUT2D eigenvalue weighted by atomic mass is 10.2. The van der Waals surface area contributed by atoms with E-state index in [9.17, 15) is 14.9 Å². The molecule has 8 heteroatoms. The van der Waals surface area contributed by atoms with Crippen molar-refractivity contribution in [2.45, 2.75) is 19.8 Å². The molecule has 0 fully saturated rings. The third-order valence-corrected chi connectivity index (χ3v) is 2.53. The molecule has 1 heterocycles. The molecule has 0 unspecified atom stereocenters. The number of pyridine rings is 1. The van der Waals surface area contributed by atoms with Crippen LogP contribution in [0.15, 0.2) is 12.3 Å². The smallest absolute Gasteiger partial charge is 0.288 e. The average molecular weight is 282 g/mol. The molecule has 0 saturated carbocycles. The molecule has 3 N–H and O–H groups in total. The highest BCUT2D eigenvalue weighted by Gasteiger charge is 2.16. The Labute approximate surface area is 116 Å². The van der Waals surface area contributed by atoms with Crippen LogP contribution in [0, 0.1) is 10.1 Å². The van der Waals surface area contributed by atoms with Crippen LogP contribution in [0.1, 0.15) is 30.1 Å². The van der Waals surface area contributed by atoms with Gasteiger partial charge in [-0.1, -0.05) is 13.3 Å². The zero-order valence-corrected chi connectivity index (χ0v) is 11.3. The normalized spacial score (nSPS) is 10.2. The molecule has 1 rings (SSSR count). The number of hydrogen-bond acceptors (Lipinski definition) is 6. The Morgan fingerprint density at radius 3 is 2.95 bits per heavy atom. The Morgan fingerprint density at radius 1 is 1.55 bits per heavy atom. The van der Waals surface area contributed by atoms with Gasteiger partial charge in [0.15, 0.2) is 0 Å². The summed E-state index contributed by atoms with van der Waals surface area (Å²) in [4.78, 5) is 25.4. The minimum absolute atomic E-state index is 0.00671. The number of nitrogens with one attached hydrogen (secondary N) is 1. The Balaban J connectivity index is 2.50. The average Bonchev–Trinajstić information content (AvgIpc) is 2.42. The largest absolute Gasteiger partial charge is 0.383 e. The SMILES string of the molecule is CCCCOCCNC(=O)c1cc([N+](=O)[O-])cnc1N. The first-order chi connectivity index (χ1) is 9.56. The van der Waals surface area contributed by atoms with Gasteiger partial charge in [0.2, 0.25) is 0 Å². The molecule has 110 valence electrons. The zero-order valence-electron chi connectivity index (χ0n) is 11.3. The van der Waals surface area contributed by atoms with Gasteiger partial charge in [-0.05, 0) is 6.42 Å². The van der Waals surface area contributed by atoms with Crippen molar-refractivity contribution in [2.75, 3.05) is 25.5 Å². The van der Waals surface area contributed by atoms with Crippen molar-refractivity contribution in [3.63, 3.8) is 0 Å². The van der Waals surface area contributed by atoms with E-state index in [1.54, 1.807) is 0 Å². The molecular weight excluding hydrogens is 264 g/mol. The third kappa shape index (κ3) is 4.81. The van der Waals surface area contributed by atoms with Crippen LogP contribution in [0.25, 0.3) is 0 Å². The Bertz CT molecular complexity index is 479. The standard InChI is InChI=1S/C12H18N4O4/c1-2-3-5-20-6-4-14-12(17)10-7-9(16(18)19)8-15-11(10)13/h7-8H,2-6H2,1H3,(H2,13,15)(H,14,17).